The molecule has 3 heterocycles. The number of aliphatic imine (C=N–C) groups is 2. The molecule has 10 heteroatoms. The average molecular weight is 405 g/mol. The minimum atomic E-state index is -0.540. The van der Waals surface area contributed by atoms with E-state index in [0.29, 0.717) is 29.6 Å². The molecule has 0 spiro atoms. The van der Waals surface area contributed by atoms with E-state index < -0.39 is 5.41 Å². The van der Waals surface area contributed by atoms with E-state index in [4.69, 9.17) is 5.73 Å². The number of amidine groups is 1. The lowest BCUT2D eigenvalue weighted by Crippen LogP contribution is -2.41. The molecule has 0 saturated heterocycles. The number of carbonyl (C=O) groups is 1. The second kappa shape index (κ2) is 7.23. The monoisotopic (exact) mass is 405 g/mol. The molecule has 2 aliphatic heterocycles. The second-order valence-corrected chi connectivity index (χ2v) is 7.54. The van der Waals surface area contributed by atoms with E-state index in [0.717, 1.165) is 16.9 Å². The summed E-state index contributed by atoms with van der Waals surface area (Å²) in [6.45, 7) is 10.0. The van der Waals surface area contributed by atoms with Crippen molar-refractivity contribution >= 4 is 29.0 Å². The number of nitrogens with zero attached hydrogens (tertiary/aromatic N) is 6. The van der Waals surface area contributed by atoms with Crippen LogP contribution in [0.25, 0.3) is 0 Å². The van der Waals surface area contributed by atoms with Gasteiger partial charge >= 0.3 is 0 Å². The molecule has 154 valence electrons. The van der Waals surface area contributed by atoms with Crippen LogP contribution in [0.15, 0.2) is 59.1 Å². The van der Waals surface area contributed by atoms with Crippen molar-refractivity contribution in [1.82, 2.24) is 25.4 Å². The molecule has 0 atom stereocenters. The van der Waals surface area contributed by atoms with Gasteiger partial charge in [-0.05, 0) is 38.5 Å². The minimum Gasteiger partial charge on any atom is -0.325 e. The van der Waals surface area contributed by atoms with Crippen LogP contribution in [-0.4, -0.2) is 37.6 Å². The van der Waals surface area contributed by atoms with Gasteiger partial charge in [0.1, 0.15) is 5.84 Å². The first-order chi connectivity index (χ1) is 14.3. The third-order valence-corrected chi connectivity index (χ3v) is 5.00. The number of nitrogens with one attached hydrogen (secondary N) is 2. The number of amides is 1. The summed E-state index contributed by atoms with van der Waals surface area (Å²) in [4.78, 5) is 21.1. The number of aromatic nitrogens is 3. The maximum absolute atomic E-state index is 12.1. The van der Waals surface area contributed by atoms with Crippen LogP contribution < -0.4 is 16.5 Å². The summed E-state index contributed by atoms with van der Waals surface area (Å²) in [5.41, 5.74) is 11.9. The molecule has 0 aliphatic carbocycles. The number of rotatable bonds is 3. The average Bonchev–Trinajstić information content (AvgIpc) is 3.26. The van der Waals surface area contributed by atoms with Crippen molar-refractivity contribution < 1.29 is 4.79 Å². The number of anilines is 1. The topological polar surface area (TPSA) is 126 Å². The zero-order valence-corrected chi connectivity index (χ0v) is 17.0. The minimum absolute atomic E-state index is 0.0130. The van der Waals surface area contributed by atoms with Gasteiger partial charge in [0.2, 0.25) is 5.91 Å². The predicted octanol–water partition coefficient (Wildman–Crippen LogP) is 1.77. The van der Waals surface area contributed by atoms with Crippen LogP contribution in [0.3, 0.4) is 0 Å². The van der Waals surface area contributed by atoms with Gasteiger partial charge in [-0.1, -0.05) is 17.9 Å². The first-order valence-corrected chi connectivity index (χ1v) is 9.42. The fourth-order valence-electron chi connectivity index (χ4n) is 3.28. The third kappa shape index (κ3) is 3.37. The van der Waals surface area contributed by atoms with Gasteiger partial charge in [-0.3, -0.25) is 15.2 Å². The molecule has 4 N–H and O–H groups in total. The molecule has 1 aromatic heterocycles. The molecule has 1 aromatic carbocycles. The molecule has 30 heavy (non-hydrogen) atoms. The lowest BCUT2D eigenvalue weighted by Gasteiger charge is -2.26. The summed E-state index contributed by atoms with van der Waals surface area (Å²) in [6.07, 6.45) is 5.07. The summed E-state index contributed by atoms with van der Waals surface area (Å²) in [5.74, 6) is 1.14. The zero-order valence-electron chi connectivity index (χ0n) is 17.0. The van der Waals surface area contributed by atoms with Crippen molar-refractivity contribution in [2.45, 2.75) is 32.7 Å². The van der Waals surface area contributed by atoms with Gasteiger partial charge in [-0.25, -0.2) is 9.98 Å². The van der Waals surface area contributed by atoms with Crippen LogP contribution in [0.1, 0.15) is 32.0 Å². The molecule has 0 radical (unpaired) electrons. The summed E-state index contributed by atoms with van der Waals surface area (Å²) >= 11 is 0. The van der Waals surface area contributed by atoms with E-state index in [2.05, 4.69) is 37.6 Å². The molecule has 1 amide bonds. The van der Waals surface area contributed by atoms with E-state index in [9.17, 15) is 4.79 Å². The van der Waals surface area contributed by atoms with Gasteiger partial charge in [-0.15, -0.1) is 5.10 Å². The highest BCUT2D eigenvalue weighted by Gasteiger charge is 2.38. The van der Waals surface area contributed by atoms with E-state index in [-0.39, 0.29) is 5.91 Å². The second-order valence-electron chi connectivity index (χ2n) is 7.54. The quantitative estimate of drug-likeness (QED) is 0.528. The molecule has 2 aliphatic rings. The normalized spacial score (nSPS) is 17.7. The smallest absolute Gasteiger partial charge is 0.234 e. The van der Waals surface area contributed by atoms with Crippen molar-refractivity contribution in [1.29, 1.82) is 0 Å². The molecule has 0 bridgehead atoms. The van der Waals surface area contributed by atoms with Crippen LogP contribution in [0, 0.1) is 0 Å². The maximum Gasteiger partial charge on any atom is 0.234 e. The molecule has 4 rings (SSSR count). The van der Waals surface area contributed by atoms with Gasteiger partial charge in [-0.2, -0.15) is 4.68 Å². The van der Waals surface area contributed by atoms with E-state index in [1.165, 1.54) is 4.68 Å². The van der Waals surface area contributed by atoms with Crippen molar-refractivity contribution in [2.75, 3.05) is 5.32 Å². The third-order valence-electron chi connectivity index (χ3n) is 5.00. The lowest BCUT2D eigenvalue weighted by atomic mass is 9.86. The van der Waals surface area contributed by atoms with E-state index in [1.807, 2.05) is 39.0 Å². The number of nitrogens with two attached hydrogens (primary N) is 1. The first-order valence-electron chi connectivity index (χ1n) is 9.42. The van der Waals surface area contributed by atoms with Gasteiger partial charge in [0.25, 0.3) is 0 Å². The van der Waals surface area contributed by atoms with Crippen LogP contribution in [0.2, 0.25) is 0 Å². The number of hydrazine groups is 1. The Bertz CT molecular complexity index is 1120. The van der Waals surface area contributed by atoms with E-state index in [1.54, 1.807) is 23.6 Å². The lowest BCUT2D eigenvalue weighted by molar-refractivity contribution is -0.119. The Morgan fingerprint density at radius 1 is 1.40 bits per heavy atom. The maximum atomic E-state index is 12.1. The zero-order chi connectivity index (χ0) is 21.5. The van der Waals surface area contributed by atoms with Gasteiger partial charge in [0.05, 0.1) is 28.7 Å². The molecular weight excluding hydrogens is 382 g/mol. The van der Waals surface area contributed by atoms with Crippen LogP contribution >= 0.6 is 0 Å². The highest BCUT2D eigenvalue weighted by Crippen LogP contribution is 2.39. The van der Waals surface area contributed by atoms with Crippen molar-refractivity contribution in [2.24, 2.45) is 15.7 Å². The summed E-state index contributed by atoms with van der Waals surface area (Å²) in [5, 5.41) is 12.6. The van der Waals surface area contributed by atoms with Crippen LogP contribution in [-0.2, 0) is 16.8 Å². The fourth-order valence-corrected chi connectivity index (χ4v) is 3.28. The number of benzene rings is 1. The van der Waals surface area contributed by atoms with Gasteiger partial charge in [0, 0.05) is 24.6 Å². The Morgan fingerprint density at radius 3 is 2.93 bits per heavy atom. The molecule has 0 fully saturated rings. The number of allylic oxidation sites excluding steroid dienone is 1. The predicted molar refractivity (Wildman–Crippen MR) is 115 cm³/mol. The molecule has 0 unspecified atom stereocenters. The Morgan fingerprint density at radius 2 is 2.20 bits per heavy atom. The van der Waals surface area contributed by atoms with Crippen molar-refractivity contribution in [3.8, 4) is 0 Å². The molecule has 0 saturated carbocycles. The van der Waals surface area contributed by atoms with Gasteiger partial charge < -0.3 is 11.1 Å². The molecule has 2 aromatic rings. The largest absolute Gasteiger partial charge is 0.325 e. The molecule has 10 nitrogen and oxygen atoms in total. The van der Waals surface area contributed by atoms with E-state index >= 15 is 0 Å². The highest BCUT2D eigenvalue weighted by atomic mass is 16.2. The first kappa shape index (κ1) is 19.5. The van der Waals surface area contributed by atoms with Gasteiger partial charge in [0.15, 0.2) is 5.84 Å². The number of hydrogen-bond donors (Lipinski definition) is 3. The van der Waals surface area contributed by atoms with Crippen molar-refractivity contribution in [3.63, 3.8) is 0 Å². The van der Waals surface area contributed by atoms with Crippen molar-refractivity contribution in [3.05, 3.63) is 60.3 Å². The fraction of sp³-hybridized carbons (Fsp3) is 0.250. The summed E-state index contributed by atoms with van der Waals surface area (Å²) in [6, 6.07) is 5.69. The standard InChI is InChI=1S/C20H23N9O/c1-12-18(29-11-15(10-21)25-27-29)22-7-8-28(12)26-13(2)23-14-5-6-16-17(9-14)24-19(30)20(16,3)4/h5-9,11H,1,10,21H2,2-4H3,(H,23,26)(H,24,30). The number of fused-ring (bicyclic) bond motifs is 1. The van der Waals surface area contributed by atoms with Crippen LogP contribution in [0.5, 0.6) is 0 Å². The Kier molecular flexibility index (Phi) is 4.70. The molecular formula is C20H23N9O. The Hall–Kier alpha value is -3.79. The summed E-state index contributed by atoms with van der Waals surface area (Å²) < 4.78 is 1.53. The van der Waals surface area contributed by atoms with Crippen LogP contribution in [0.4, 0.5) is 11.4 Å². The highest BCUT2D eigenvalue weighted by molar-refractivity contribution is 6.06. The number of hydrogen-bond acceptors (Lipinski definition) is 7. The number of carbonyl (C=O) groups excluding carboxylic acids is 1. The Balaban J connectivity index is 1.50. The SMILES string of the molecule is C=C1C(n2cc(CN)nn2)=NC=CN1NC(C)=Nc1ccc2c(c1)NC(=O)C2(C)C. The Labute approximate surface area is 173 Å². The summed E-state index contributed by atoms with van der Waals surface area (Å²) in [7, 11) is 0.